The second kappa shape index (κ2) is 2.24. The fraction of sp³-hybridized carbons (Fsp3) is 0.200. The Kier molecular flexibility index (Phi) is 1.57. The van der Waals surface area contributed by atoms with E-state index in [1.165, 1.54) is 6.08 Å². The summed E-state index contributed by atoms with van der Waals surface area (Å²) in [5.41, 5.74) is 0.815. The second-order valence-electron chi connectivity index (χ2n) is 1.63. The van der Waals surface area contributed by atoms with Crippen LogP contribution < -0.4 is 5.48 Å². The Balaban J connectivity index is 2.72. The Morgan fingerprint density at radius 3 is 2.40 bits per heavy atom. The van der Waals surface area contributed by atoms with Crippen LogP contribution in [0.5, 0.6) is 0 Å². The van der Waals surface area contributed by atoms with Crippen molar-refractivity contribution in [3.05, 3.63) is 24.1 Å². The molecule has 1 aliphatic rings. The maximum Gasteiger partial charge on any atom is 0.434 e. The molecule has 1 heterocycles. The van der Waals surface area contributed by atoms with Crippen molar-refractivity contribution in [2.45, 2.75) is 6.18 Å². The molecule has 0 unspecified atom stereocenters. The van der Waals surface area contributed by atoms with Crippen molar-refractivity contribution in [1.29, 1.82) is 0 Å². The molecule has 0 fully saturated rings. The topological polar surface area (TPSA) is 21.3 Å². The summed E-state index contributed by atoms with van der Waals surface area (Å²) in [7, 11) is 0. The fourth-order valence-corrected chi connectivity index (χ4v) is 0.459. The minimum atomic E-state index is -4.36. The van der Waals surface area contributed by atoms with Gasteiger partial charge in [0.05, 0.1) is 0 Å². The molecule has 5 heteroatoms. The van der Waals surface area contributed by atoms with Crippen molar-refractivity contribution in [2.24, 2.45) is 0 Å². The highest BCUT2D eigenvalue weighted by Gasteiger charge is 2.34. The van der Waals surface area contributed by atoms with E-state index in [0.29, 0.717) is 0 Å². The van der Waals surface area contributed by atoms with Crippen LogP contribution in [0.25, 0.3) is 0 Å². The molecule has 0 atom stereocenters. The zero-order chi connectivity index (χ0) is 7.61. The molecular weight excluding hydrogens is 147 g/mol. The van der Waals surface area contributed by atoms with Gasteiger partial charge in [-0.3, -0.25) is 0 Å². The van der Waals surface area contributed by atoms with E-state index in [1.807, 2.05) is 0 Å². The molecule has 1 rings (SSSR count). The quantitative estimate of drug-likeness (QED) is 0.566. The lowest BCUT2D eigenvalue weighted by atomic mass is 10.4. The highest BCUT2D eigenvalue weighted by atomic mass is 19.4. The predicted molar refractivity (Wildman–Crippen MR) is 27.5 cm³/mol. The first-order valence-electron chi connectivity index (χ1n) is 2.46. The first-order chi connectivity index (χ1) is 4.61. The van der Waals surface area contributed by atoms with Gasteiger partial charge in [-0.05, 0) is 12.2 Å². The minimum absolute atomic E-state index is 0.892. The van der Waals surface area contributed by atoms with Crippen LogP contribution in [0.4, 0.5) is 13.2 Å². The summed E-state index contributed by atoms with van der Waals surface area (Å²) >= 11 is 0. The third-order valence-electron chi connectivity index (χ3n) is 0.884. The monoisotopic (exact) mass is 151 g/mol. The number of hydrogen-bond donors (Lipinski definition) is 1. The average molecular weight is 151 g/mol. The van der Waals surface area contributed by atoms with Gasteiger partial charge in [0, 0.05) is 0 Å². The second-order valence-corrected chi connectivity index (χ2v) is 1.63. The van der Waals surface area contributed by atoms with Crippen LogP contribution in [0, 0.1) is 0 Å². The molecule has 56 valence electrons. The first-order valence-corrected chi connectivity index (χ1v) is 2.46. The van der Waals surface area contributed by atoms with Crippen LogP contribution in [0.15, 0.2) is 24.1 Å². The Morgan fingerprint density at radius 2 is 2.10 bits per heavy atom. The average Bonchev–Trinajstić information content (AvgIpc) is 1.88. The Morgan fingerprint density at radius 1 is 1.40 bits per heavy atom. The van der Waals surface area contributed by atoms with Gasteiger partial charge in [-0.25, -0.2) is 5.48 Å². The van der Waals surface area contributed by atoms with E-state index in [9.17, 15) is 13.2 Å². The summed E-state index contributed by atoms with van der Waals surface area (Å²) in [5.74, 6) is 0. The van der Waals surface area contributed by atoms with E-state index in [2.05, 4.69) is 4.84 Å². The molecule has 0 amide bonds. The molecule has 0 aliphatic carbocycles. The molecular formula is C5H4F3NO. The lowest BCUT2D eigenvalue weighted by molar-refractivity contribution is -0.110. The van der Waals surface area contributed by atoms with Gasteiger partial charge in [0.1, 0.15) is 6.26 Å². The molecule has 0 saturated carbocycles. The number of hydrogen-bond acceptors (Lipinski definition) is 2. The van der Waals surface area contributed by atoms with E-state index in [-0.39, 0.29) is 0 Å². The van der Waals surface area contributed by atoms with Crippen LogP contribution in [0.3, 0.4) is 0 Å². The molecule has 1 N–H and O–H groups in total. The summed E-state index contributed by atoms with van der Waals surface area (Å²) in [6, 6.07) is 0. The van der Waals surface area contributed by atoms with Crippen LogP contribution in [-0.4, -0.2) is 6.18 Å². The largest absolute Gasteiger partial charge is 0.434 e. The highest BCUT2D eigenvalue weighted by Crippen LogP contribution is 2.24. The van der Waals surface area contributed by atoms with Crippen molar-refractivity contribution in [1.82, 2.24) is 5.48 Å². The Bertz CT molecular complexity index is 182. The van der Waals surface area contributed by atoms with Crippen LogP contribution in [-0.2, 0) is 4.84 Å². The number of hydroxylamine groups is 1. The van der Waals surface area contributed by atoms with Gasteiger partial charge in [0.25, 0.3) is 0 Å². The number of nitrogens with one attached hydrogen (secondary N) is 1. The molecule has 0 bridgehead atoms. The van der Waals surface area contributed by atoms with Crippen molar-refractivity contribution >= 4 is 0 Å². The summed E-state index contributed by atoms with van der Waals surface area (Å²) in [6.45, 7) is 0. The van der Waals surface area contributed by atoms with Gasteiger partial charge >= 0.3 is 6.18 Å². The fourth-order valence-electron chi connectivity index (χ4n) is 0.459. The van der Waals surface area contributed by atoms with Crippen molar-refractivity contribution in [3.63, 3.8) is 0 Å². The van der Waals surface area contributed by atoms with Crippen molar-refractivity contribution in [2.75, 3.05) is 0 Å². The molecule has 0 aromatic carbocycles. The number of allylic oxidation sites excluding steroid dienone is 3. The van der Waals surface area contributed by atoms with E-state index in [0.717, 1.165) is 12.3 Å². The molecule has 0 radical (unpaired) electrons. The van der Waals surface area contributed by atoms with Gasteiger partial charge < -0.3 is 4.84 Å². The van der Waals surface area contributed by atoms with E-state index in [1.54, 1.807) is 5.48 Å². The maximum atomic E-state index is 11.7. The third-order valence-corrected chi connectivity index (χ3v) is 0.884. The smallest absolute Gasteiger partial charge is 0.390 e. The zero-order valence-corrected chi connectivity index (χ0v) is 4.77. The molecule has 2 nitrogen and oxygen atoms in total. The molecule has 0 aromatic heterocycles. The normalized spacial score (nSPS) is 17.3. The third kappa shape index (κ3) is 1.43. The number of halogens is 3. The van der Waals surface area contributed by atoms with Crippen LogP contribution in [0.2, 0.25) is 0 Å². The van der Waals surface area contributed by atoms with Crippen LogP contribution in [0.1, 0.15) is 0 Å². The van der Waals surface area contributed by atoms with Crippen molar-refractivity contribution in [3.8, 4) is 0 Å². The molecule has 1 aliphatic heterocycles. The summed E-state index contributed by atoms with van der Waals surface area (Å²) < 4.78 is 35.1. The standard InChI is InChI=1S/C5H4F3NO/c6-5(7,8)4-2-1-3-10-9-4/h1-3,9H. The summed E-state index contributed by atoms with van der Waals surface area (Å²) in [4.78, 5) is 4.19. The summed E-state index contributed by atoms with van der Waals surface area (Å²) in [6.07, 6.45) is -1.18. The zero-order valence-electron chi connectivity index (χ0n) is 4.77. The minimum Gasteiger partial charge on any atom is -0.390 e. The van der Waals surface area contributed by atoms with Gasteiger partial charge in [-0.1, -0.05) is 0 Å². The van der Waals surface area contributed by atoms with Crippen molar-refractivity contribution < 1.29 is 18.0 Å². The lowest BCUT2D eigenvalue weighted by Gasteiger charge is -2.14. The number of alkyl halides is 3. The van der Waals surface area contributed by atoms with Gasteiger partial charge in [-0.2, -0.15) is 13.2 Å². The molecule has 0 saturated heterocycles. The molecule has 10 heavy (non-hydrogen) atoms. The molecule has 0 spiro atoms. The van der Waals surface area contributed by atoms with Gasteiger partial charge in [-0.15, -0.1) is 0 Å². The predicted octanol–water partition coefficient (Wildman–Crippen LogP) is 1.48. The Hall–Kier alpha value is -1.13. The first kappa shape index (κ1) is 6.98. The van der Waals surface area contributed by atoms with Gasteiger partial charge in [0.15, 0.2) is 5.70 Å². The van der Waals surface area contributed by atoms with Crippen LogP contribution >= 0.6 is 0 Å². The SMILES string of the molecule is FC(F)(F)C1=CC=CON1. The highest BCUT2D eigenvalue weighted by molar-refractivity contribution is 5.15. The summed E-state index contributed by atoms with van der Waals surface area (Å²) in [5, 5.41) is 0. The molecule has 0 aromatic rings. The van der Waals surface area contributed by atoms with E-state index >= 15 is 0 Å². The van der Waals surface area contributed by atoms with E-state index in [4.69, 9.17) is 0 Å². The van der Waals surface area contributed by atoms with E-state index < -0.39 is 11.9 Å². The van der Waals surface area contributed by atoms with Gasteiger partial charge in [0.2, 0.25) is 0 Å². The number of rotatable bonds is 0. The maximum absolute atomic E-state index is 11.7. The lowest BCUT2D eigenvalue weighted by Crippen LogP contribution is -2.26. The Labute approximate surface area is 54.9 Å².